The van der Waals surface area contributed by atoms with Gasteiger partial charge in [-0.2, -0.15) is 0 Å². The third kappa shape index (κ3) is 3.61. The highest BCUT2D eigenvalue weighted by Gasteiger charge is 2.22. The van der Waals surface area contributed by atoms with Gasteiger partial charge in [-0.1, -0.05) is 0 Å². The summed E-state index contributed by atoms with van der Waals surface area (Å²) in [6.45, 7) is 4.09. The summed E-state index contributed by atoms with van der Waals surface area (Å²) in [6.07, 6.45) is 3.88. The number of halogens is 1. The van der Waals surface area contributed by atoms with Gasteiger partial charge in [-0.3, -0.25) is 0 Å². The van der Waals surface area contributed by atoms with E-state index in [2.05, 4.69) is 39.4 Å². The van der Waals surface area contributed by atoms with E-state index in [-0.39, 0.29) is 6.10 Å². The Morgan fingerprint density at radius 1 is 1.29 bits per heavy atom. The minimum Gasteiger partial charge on any atom is -0.491 e. The fourth-order valence-corrected chi connectivity index (χ4v) is 4.59. The average molecular weight is 366 g/mol. The van der Waals surface area contributed by atoms with E-state index >= 15 is 0 Å². The first-order valence-electron chi connectivity index (χ1n) is 7.43. The molecule has 0 bridgehead atoms. The molecule has 0 saturated carbocycles. The SMILES string of the molecule is CC(C)Oc1ccc(NC2CCCc3sc(Br)cc32)cc1. The van der Waals surface area contributed by atoms with Gasteiger partial charge in [0.2, 0.25) is 0 Å². The first-order valence-corrected chi connectivity index (χ1v) is 9.04. The van der Waals surface area contributed by atoms with Crippen molar-refractivity contribution in [3.63, 3.8) is 0 Å². The molecule has 1 aliphatic rings. The van der Waals surface area contributed by atoms with Crippen LogP contribution in [0, 0.1) is 0 Å². The molecule has 1 N–H and O–H groups in total. The van der Waals surface area contributed by atoms with Crippen molar-refractivity contribution in [2.24, 2.45) is 0 Å². The number of hydrogen-bond acceptors (Lipinski definition) is 3. The van der Waals surface area contributed by atoms with Crippen molar-refractivity contribution in [1.82, 2.24) is 0 Å². The van der Waals surface area contributed by atoms with Crippen LogP contribution in [0.5, 0.6) is 5.75 Å². The predicted octanol–water partition coefficient (Wildman–Crippen LogP) is 5.79. The standard InChI is InChI=1S/C17H20BrNOS/c1-11(2)20-13-8-6-12(7-9-13)19-15-4-3-5-16-14(15)10-17(18)21-16/h6-11,15,19H,3-5H2,1-2H3. The van der Waals surface area contributed by atoms with E-state index in [9.17, 15) is 0 Å². The molecule has 0 fully saturated rings. The predicted molar refractivity (Wildman–Crippen MR) is 93.5 cm³/mol. The van der Waals surface area contributed by atoms with Crippen LogP contribution in [-0.2, 0) is 6.42 Å². The molecular weight excluding hydrogens is 346 g/mol. The minimum absolute atomic E-state index is 0.216. The molecule has 2 aromatic rings. The van der Waals surface area contributed by atoms with Crippen LogP contribution in [0.4, 0.5) is 5.69 Å². The molecule has 0 spiro atoms. The molecule has 112 valence electrons. The number of ether oxygens (including phenoxy) is 1. The Kier molecular flexibility index (Phi) is 4.55. The van der Waals surface area contributed by atoms with Gasteiger partial charge in [0.25, 0.3) is 0 Å². The van der Waals surface area contributed by atoms with Crippen molar-refractivity contribution >= 4 is 33.0 Å². The molecule has 1 aromatic heterocycles. The third-order valence-corrected chi connectivity index (χ3v) is 5.36. The molecule has 21 heavy (non-hydrogen) atoms. The summed E-state index contributed by atoms with van der Waals surface area (Å²) in [7, 11) is 0. The van der Waals surface area contributed by atoms with Gasteiger partial charge in [0.1, 0.15) is 5.75 Å². The largest absolute Gasteiger partial charge is 0.491 e. The van der Waals surface area contributed by atoms with Crippen molar-refractivity contribution in [2.45, 2.75) is 45.3 Å². The number of fused-ring (bicyclic) bond motifs is 1. The molecular formula is C17H20BrNOS. The zero-order chi connectivity index (χ0) is 14.8. The van der Waals surface area contributed by atoms with Crippen molar-refractivity contribution in [1.29, 1.82) is 0 Å². The maximum Gasteiger partial charge on any atom is 0.119 e. The highest BCUT2D eigenvalue weighted by Crippen LogP contribution is 2.39. The molecule has 1 unspecified atom stereocenters. The first kappa shape index (κ1) is 14.9. The fraction of sp³-hybridized carbons (Fsp3) is 0.412. The molecule has 1 aromatic carbocycles. The van der Waals surface area contributed by atoms with Gasteiger partial charge in [-0.05, 0) is 84.9 Å². The Hall–Kier alpha value is -1.00. The van der Waals surface area contributed by atoms with Crippen LogP contribution in [0.3, 0.4) is 0 Å². The number of thiophene rings is 1. The monoisotopic (exact) mass is 365 g/mol. The minimum atomic E-state index is 0.216. The van der Waals surface area contributed by atoms with Gasteiger partial charge in [0.15, 0.2) is 0 Å². The first-order chi connectivity index (χ1) is 10.1. The zero-order valence-electron chi connectivity index (χ0n) is 12.4. The van der Waals surface area contributed by atoms with Crippen molar-refractivity contribution in [3.05, 3.63) is 44.6 Å². The van der Waals surface area contributed by atoms with E-state index < -0.39 is 0 Å². The summed E-state index contributed by atoms with van der Waals surface area (Å²) in [4.78, 5) is 1.52. The second-order valence-electron chi connectivity index (χ2n) is 5.71. The zero-order valence-corrected chi connectivity index (χ0v) is 14.8. The number of anilines is 1. The molecule has 1 aliphatic carbocycles. The Bertz CT molecular complexity index is 606. The summed E-state index contributed by atoms with van der Waals surface area (Å²) in [5.41, 5.74) is 2.62. The van der Waals surface area contributed by atoms with Gasteiger partial charge >= 0.3 is 0 Å². The second kappa shape index (κ2) is 6.41. The summed E-state index contributed by atoms with van der Waals surface area (Å²) in [6, 6.07) is 11.0. The normalized spacial score (nSPS) is 17.6. The van der Waals surface area contributed by atoms with Crippen LogP contribution in [0.2, 0.25) is 0 Å². The van der Waals surface area contributed by atoms with E-state index in [4.69, 9.17) is 4.74 Å². The van der Waals surface area contributed by atoms with Gasteiger partial charge < -0.3 is 10.1 Å². The second-order valence-corrected chi connectivity index (χ2v) is 8.23. The topological polar surface area (TPSA) is 21.3 Å². The third-order valence-electron chi connectivity index (χ3n) is 3.65. The lowest BCUT2D eigenvalue weighted by atomic mass is 9.94. The average Bonchev–Trinajstić information content (AvgIpc) is 2.82. The molecule has 2 nitrogen and oxygen atoms in total. The van der Waals surface area contributed by atoms with E-state index in [0.717, 1.165) is 11.4 Å². The Balaban J connectivity index is 1.72. The molecule has 0 saturated heterocycles. The van der Waals surface area contributed by atoms with Crippen LogP contribution in [-0.4, -0.2) is 6.10 Å². The lowest BCUT2D eigenvalue weighted by Crippen LogP contribution is -2.15. The number of nitrogens with one attached hydrogen (secondary N) is 1. The molecule has 4 heteroatoms. The Morgan fingerprint density at radius 3 is 2.76 bits per heavy atom. The van der Waals surface area contributed by atoms with Crippen LogP contribution in [0.1, 0.15) is 43.2 Å². The smallest absolute Gasteiger partial charge is 0.119 e. The molecule has 3 rings (SSSR count). The molecule has 0 aliphatic heterocycles. The molecule has 1 heterocycles. The summed E-state index contributed by atoms with van der Waals surface area (Å²) < 4.78 is 6.92. The van der Waals surface area contributed by atoms with Gasteiger partial charge in [0.05, 0.1) is 15.9 Å². The lowest BCUT2D eigenvalue weighted by Gasteiger charge is -2.24. The maximum atomic E-state index is 5.69. The quantitative estimate of drug-likeness (QED) is 0.740. The fourth-order valence-electron chi connectivity index (χ4n) is 2.77. The van der Waals surface area contributed by atoms with E-state index in [0.29, 0.717) is 6.04 Å². The lowest BCUT2D eigenvalue weighted by molar-refractivity contribution is 0.242. The van der Waals surface area contributed by atoms with Gasteiger partial charge in [-0.25, -0.2) is 0 Å². The number of benzene rings is 1. The summed E-state index contributed by atoms with van der Waals surface area (Å²) in [5, 5.41) is 3.66. The maximum absolute atomic E-state index is 5.69. The Morgan fingerprint density at radius 2 is 2.05 bits per heavy atom. The van der Waals surface area contributed by atoms with Crippen LogP contribution < -0.4 is 10.1 Å². The number of rotatable bonds is 4. The number of hydrogen-bond donors (Lipinski definition) is 1. The van der Waals surface area contributed by atoms with Crippen molar-refractivity contribution in [3.8, 4) is 5.75 Å². The van der Waals surface area contributed by atoms with E-state index in [1.165, 1.54) is 33.5 Å². The van der Waals surface area contributed by atoms with Crippen LogP contribution in [0.25, 0.3) is 0 Å². The summed E-state index contributed by atoms with van der Waals surface area (Å²) in [5.74, 6) is 0.929. The molecule has 0 radical (unpaired) electrons. The van der Waals surface area contributed by atoms with Crippen molar-refractivity contribution in [2.75, 3.05) is 5.32 Å². The Labute approximate surface area is 138 Å². The highest BCUT2D eigenvalue weighted by molar-refractivity contribution is 9.11. The van der Waals surface area contributed by atoms with E-state index in [1.807, 2.05) is 37.3 Å². The summed E-state index contributed by atoms with van der Waals surface area (Å²) >= 11 is 5.48. The van der Waals surface area contributed by atoms with Crippen LogP contribution in [0.15, 0.2) is 34.1 Å². The number of aryl methyl sites for hydroxylation is 1. The van der Waals surface area contributed by atoms with Gasteiger partial charge in [-0.15, -0.1) is 11.3 Å². The van der Waals surface area contributed by atoms with E-state index in [1.54, 1.807) is 0 Å². The molecule has 1 atom stereocenters. The highest BCUT2D eigenvalue weighted by atomic mass is 79.9. The van der Waals surface area contributed by atoms with Crippen molar-refractivity contribution < 1.29 is 4.74 Å². The van der Waals surface area contributed by atoms with Gasteiger partial charge in [0, 0.05) is 10.6 Å². The van der Waals surface area contributed by atoms with Crippen LogP contribution >= 0.6 is 27.3 Å². The molecule has 0 amide bonds.